The van der Waals surface area contributed by atoms with Crippen LogP contribution < -0.4 is 4.72 Å². The van der Waals surface area contributed by atoms with Crippen LogP contribution in [0.25, 0.3) is 0 Å². The van der Waals surface area contributed by atoms with Gasteiger partial charge < -0.3 is 4.74 Å². The Morgan fingerprint density at radius 1 is 1.21 bits per heavy atom. The van der Waals surface area contributed by atoms with Gasteiger partial charge in [-0.2, -0.15) is 0 Å². The number of hydrogen-bond acceptors (Lipinski definition) is 4. The number of carbonyl (C=O) groups excluding carboxylic acids is 1. The van der Waals surface area contributed by atoms with Crippen molar-refractivity contribution in [1.82, 2.24) is 4.72 Å². The van der Waals surface area contributed by atoms with E-state index in [1.165, 1.54) is 26.2 Å². The normalized spacial score (nSPS) is 26.3. The minimum absolute atomic E-state index is 0.226. The summed E-state index contributed by atoms with van der Waals surface area (Å²) in [6.45, 7) is 2.42. The monoisotopic (exact) mass is 483 g/mol. The first-order chi connectivity index (χ1) is 13.9. The molecule has 2 saturated carbocycles. The molecule has 0 amide bonds. The van der Waals surface area contributed by atoms with Gasteiger partial charge in [0.25, 0.3) is 0 Å². The topological polar surface area (TPSA) is 72.5 Å². The number of hydrogen-bond donors (Lipinski definition) is 1. The van der Waals surface area contributed by atoms with E-state index in [0.717, 1.165) is 23.7 Å². The van der Waals surface area contributed by atoms with Crippen LogP contribution in [-0.4, -0.2) is 27.5 Å². The molecule has 0 aliphatic heterocycles. The first kappa shape index (κ1) is 22.5. The van der Waals surface area contributed by atoms with E-state index in [1.807, 2.05) is 0 Å². The van der Waals surface area contributed by atoms with E-state index in [1.54, 1.807) is 24.3 Å². The zero-order valence-corrected chi connectivity index (χ0v) is 19.3. The van der Waals surface area contributed by atoms with Crippen molar-refractivity contribution >= 4 is 31.9 Å². The maximum Gasteiger partial charge on any atom is 0.302 e. The molecule has 0 saturated heterocycles. The van der Waals surface area contributed by atoms with Gasteiger partial charge in [0.05, 0.1) is 11.5 Å². The number of carbonyl (C=O) groups is 1. The second-order valence-corrected chi connectivity index (χ2v) is 10.8. The van der Waals surface area contributed by atoms with Crippen molar-refractivity contribution in [3.63, 3.8) is 0 Å². The number of allylic oxidation sites excluding steroid dienone is 2. The molecule has 4 unspecified atom stereocenters. The van der Waals surface area contributed by atoms with Crippen molar-refractivity contribution in [2.45, 2.75) is 50.3 Å². The molecule has 1 aromatic carbocycles. The molecule has 7 heteroatoms. The highest BCUT2D eigenvalue weighted by atomic mass is 79.9. The summed E-state index contributed by atoms with van der Waals surface area (Å²) >= 11 is 3.34. The van der Waals surface area contributed by atoms with Crippen molar-refractivity contribution in [3.8, 4) is 0 Å². The summed E-state index contributed by atoms with van der Waals surface area (Å²) in [6, 6.07) is 6.75. The van der Waals surface area contributed by atoms with Crippen molar-refractivity contribution in [3.05, 3.63) is 40.9 Å². The maximum atomic E-state index is 12.6. The maximum absolute atomic E-state index is 12.6. The van der Waals surface area contributed by atoms with Gasteiger partial charge in [0.2, 0.25) is 10.0 Å². The van der Waals surface area contributed by atoms with E-state index < -0.39 is 10.0 Å². The van der Waals surface area contributed by atoms with Gasteiger partial charge in [-0.15, -0.1) is 0 Å². The number of sulfonamides is 1. The quantitative estimate of drug-likeness (QED) is 0.297. The van der Waals surface area contributed by atoms with Crippen molar-refractivity contribution in [2.75, 3.05) is 13.2 Å². The largest absolute Gasteiger partial charge is 0.466 e. The number of benzene rings is 1. The Kier molecular flexibility index (Phi) is 7.93. The van der Waals surface area contributed by atoms with E-state index in [0.29, 0.717) is 41.7 Å². The van der Waals surface area contributed by atoms with Crippen LogP contribution in [0.4, 0.5) is 0 Å². The van der Waals surface area contributed by atoms with Gasteiger partial charge in [-0.05, 0) is 86.5 Å². The van der Waals surface area contributed by atoms with Gasteiger partial charge in [0.1, 0.15) is 0 Å². The van der Waals surface area contributed by atoms with Crippen LogP contribution >= 0.6 is 15.9 Å². The van der Waals surface area contributed by atoms with Gasteiger partial charge in [0, 0.05) is 17.9 Å². The summed E-state index contributed by atoms with van der Waals surface area (Å²) in [5.74, 6) is 1.90. The Hall–Kier alpha value is -1.18. The molecule has 0 radical (unpaired) electrons. The summed E-state index contributed by atoms with van der Waals surface area (Å²) in [6.07, 6.45) is 11.1. The number of nitrogens with one attached hydrogen (secondary N) is 1. The second kappa shape index (κ2) is 10.2. The fourth-order valence-corrected chi connectivity index (χ4v) is 6.13. The molecule has 0 heterocycles. The Morgan fingerprint density at radius 3 is 2.66 bits per heavy atom. The number of unbranched alkanes of at least 4 members (excludes halogenated alkanes) is 2. The number of rotatable bonds is 10. The molecule has 0 aromatic heterocycles. The average Bonchev–Trinajstić information content (AvgIpc) is 3.27. The van der Waals surface area contributed by atoms with Crippen molar-refractivity contribution in [1.29, 1.82) is 0 Å². The van der Waals surface area contributed by atoms with Crippen molar-refractivity contribution in [2.24, 2.45) is 23.7 Å². The fourth-order valence-electron chi connectivity index (χ4n) is 4.79. The van der Waals surface area contributed by atoms with Gasteiger partial charge in [-0.3, -0.25) is 4.79 Å². The first-order valence-electron chi connectivity index (χ1n) is 10.4. The number of halogens is 1. The molecule has 160 valence electrons. The molecule has 1 N–H and O–H groups in total. The smallest absolute Gasteiger partial charge is 0.302 e. The minimum atomic E-state index is -3.48. The molecular formula is C22H30BrNO4S. The summed E-state index contributed by atoms with van der Waals surface area (Å²) in [7, 11) is -3.48. The van der Waals surface area contributed by atoms with E-state index in [-0.39, 0.29) is 5.97 Å². The lowest BCUT2D eigenvalue weighted by atomic mass is 9.79. The molecule has 2 bridgehead atoms. The van der Waals surface area contributed by atoms with E-state index in [2.05, 4.69) is 32.8 Å². The highest BCUT2D eigenvalue weighted by Crippen LogP contribution is 2.52. The first-order valence-corrected chi connectivity index (χ1v) is 12.7. The molecular weight excluding hydrogens is 454 g/mol. The molecule has 1 aromatic rings. The highest BCUT2D eigenvalue weighted by Gasteiger charge is 2.46. The fraction of sp³-hybridized carbons (Fsp3) is 0.591. The highest BCUT2D eigenvalue weighted by molar-refractivity contribution is 9.10. The van der Waals surface area contributed by atoms with Crippen LogP contribution in [0.15, 0.2) is 45.8 Å². The number of fused-ring (bicyclic) bond motifs is 2. The Morgan fingerprint density at radius 2 is 1.93 bits per heavy atom. The van der Waals surface area contributed by atoms with Crippen molar-refractivity contribution < 1.29 is 17.9 Å². The lowest BCUT2D eigenvalue weighted by Gasteiger charge is -2.29. The summed E-state index contributed by atoms with van der Waals surface area (Å²) in [4.78, 5) is 11.1. The summed E-state index contributed by atoms with van der Waals surface area (Å²) < 4.78 is 34.0. The van der Waals surface area contributed by atoms with Crippen LogP contribution in [0, 0.1) is 23.7 Å². The lowest BCUT2D eigenvalue weighted by Crippen LogP contribution is -2.35. The zero-order valence-electron chi connectivity index (χ0n) is 16.8. The Balaban J connectivity index is 1.51. The van der Waals surface area contributed by atoms with Gasteiger partial charge in [-0.25, -0.2) is 13.1 Å². The molecule has 2 aliphatic rings. The number of esters is 1. The van der Waals surface area contributed by atoms with E-state index >= 15 is 0 Å². The number of ether oxygens (including phenoxy) is 1. The van der Waals surface area contributed by atoms with Gasteiger partial charge >= 0.3 is 5.97 Å². The van der Waals surface area contributed by atoms with E-state index in [4.69, 9.17) is 4.74 Å². The molecule has 4 atom stereocenters. The lowest BCUT2D eigenvalue weighted by molar-refractivity contribution is -0.141. The summed E-state index contributed by atoms with van der Waals surface area (Å²) in [5.41, 5.74) is 0. The second-order valence-electron chi connectivity index (χ2n) is 8.14. The van der Waals surface area contributed by atoms with Crippen LogP contribution in [0.2, 0.25) is 0 Å². The van der Waals surface area contributed by atoms with E-state index in [9.17, 15) is 13.2 Å². The predicted molar refractivity (Wildman–Crippen MR) is 117 cm³/mol. The molecule has 29 heavy (non-hydrogen) atoms. The van der Waals surface area contributed by atoms with Crippen LogP contribution in [-0.2, 0) is 19.6 Å². The Bertz CT molecular complexity index is 822. The molecule has 0 spiro atoms. The predicted octanol–water partition coefficient (Wildman–Crippen LogP) is 4.68. The standard InChI is InChI=1S/C22H30BrNO4S/c1-16(25)28-13-5-3-2-4-6-21-17-7-8-18(14-17)22(21)15-24-29(26,27)20-11-9-19(23)10-12-20/h4,6,9-12,17-18,21-22,24H,2-3,5,7-8,13-15H2,1H3. The van der Waals surface area contributed by atoms with Gasteiger partial charge in [-0.1, -0.05) is 28.1 Å². The third-order valence-electron chi connectivity index (χ3n) is 6.22. The third kappa shape index (κ3) is 6.15. The average molecular weight is 484 g/mol. The van der Waals surface area contributed by atoms with Gasteiger partial charge in [0.15, 0.2) is 0 Å². The Labute approximate surface area is 182 Å². The zero-order chi connectivity index (χ0) is 20.9. The summed E-state index contributed by atoms with van der Waals surface area (Å²) in [5, 5.41) is 0. The molecule has 5 nitrogen and oxygen atoms in total. The van der Waals surface area contributed by atoms with Crippen LogP contribution in [0.3, 0.4) is 0 Å². The van der Waals surface area contributed by atoms with Crippen LogP contribution in [0.1, 0.15) is 45.4 Å². The molecule has 3 rings (SSSR count). The minimum Gasteiger partial charge on any atom is -0.466 e. The SMILES string of the molecule is CC(=O)OCCCCC=CC1C2CCC(C2)C1CNS(=O)(=O)c1ccc(Br)cc1. The molecule has 2 aliphatic carbocycles. The molecule has 2 fully saturated rings. The van der Waals surface area contributed by atoms with Crippen LogP contribution in [0.5, 0.6) is 0 Å². The third-order valence-corrected chi connectivity index (χ3v) is 8.19.